The molecule has 1 aromatic carbocycles. The maximum atomic E-state index is 7.44. The van der Waals surface area contributed by atoms with E-state index in [1.165, 1.54) is 18.4 Å². The molecule has 0 fully saturated rings. The number of benzene rings is 1. The number of nitrogens with zero attached hydrogens (tertiary/aromatic N) is 1. The van der Waals surface area contributed by atoms with Crippen molar-refractivity contribution in [1.29, 1.82) is 5.41 Å². The molecule has 3 nitrogen and oxygen atoms in total. The van der Waals surface area contributed by atoms with Gasteiger partial charge in [-0.05, 0) is 24.3 Å². The summed E-state index contributed by atoms with van der Waals surface area (Å²) in [4.78, 5) is 2.58. The van der Waals surface area contributed by atoms with Crippen LogP contribution in [0.3, 0.4) is 0 Å². The summed E-state index contributed by atoms with van der Waals surface area (Å²) in [5, 5.41) is 7.44. The Morgan fingerprint density at radius 1 is 1.15 bits per heavy atom. The van der Waals surface area contributed by atoms with Gasteiger partial charge in [0.25, 0.3) is 0 Å². The van der Waals surface area contributed by atoms with Gasteiger partial charge >= 0.3 is 0 Å². The van der Waals surface area contributed by atoms with E-state index in [4.69, 9.17) is 11.1 Å². The minimum absolute atomic E-state index is 0.135. The molecule has 0 unspecified atom stereocenters. The van der Waals surface area contributed by atoms with Gasteiger partial charge in [-0.15, -0.1) is 0 Å². The van der Waals surface area contributed by atoms with Gasteiger partial charge in [0, 0.05) is 24.7 Å². The highest BCUT2D eigenvalue weighted by atomic mass is 15.2. The number of nitrogens with one attached hydrogen (secondary N) is 1. The summed E-state index contributed by atoms with van der Waals surface area (Å²) in [5.41, 5.74) is 7.59. The van der Waals surface area contributed by atoms with Gasteiger partial charge in [-0.2, -0.15) is 0 Å². The van der Waals surface area contributed by atoms with Crippen LogP contribution in [0.5, 0.6) is 0 Å². The molecule has 0 radical (unpaired) electrons. The van der Waals surface area contributed by atoms with Crippen LogP contribution in [0.1, 0.15) is 51.7 Å². The Morgan fingerprint density at radius 3 is 2.10 bits per heavy atom. The SMILES string of the molecule is CCC(CC)N(Cc1ccc(C(=N)N)cc1)CC(C)C. The lowest BCUT2D eigenvalue weighted by atomic mass is 10.0. The molecule has 0 aromatic heterocycles. The molecule has 1 rings (SSSR count). The first kappa shape index (κ1) is 16.7. The molecule has 0 aliphatic heterocycles. The van der Waals surface area contributed by atoms with Crippen LogP contribution < -0.4 is 5.73 Å². The quantitative estimate of drug-likeness (QED) is 0.562. The van der Waals surface area contributed by atoms with Gasteiger partial charge in [-0.1, -0.05) is 52.0 Å². The molecule has 112 valence electrons. The molecule has 0 spiro atoms. The third kappa shape index (κ3) is 4.97. The number of nitrogens with two attached hydrogens (primary N) is 1. The Bertz CT molecular complexity index is 405. The summed E-state index contributed by atoms with van der Waals surface area (Å²) in [6.07, 6.45) is 2.38. The monoisotopic (exact) mass is 275 g/mol. The zero-order chi connectivity index (χ0) is 15.1. The van der Waals surface area contributed by atoms with Crippen LogP contribution >= 0.6 is 0 Å². The number of hydrogen-bond donors (Lipinski definition) is 2. The van der Waals surface area contributed by atoms with Crippen LogP contribution in [0, 0.1) is 11.3 Å². The van der Waals surface area contributed by atoms with E-state index in [2.05, 4.69) is 44.7 Å². The highest BCUT2D eigenvalue weighted by Crippen LogP contribution is 2.16. The Balaban J connectivity index is 2.80. The zero-order valence-electron chi connectivity index (χ0n) is 13.3. The van der Waals surface area contributed by atoms with E-state index in [1.54, 1.807) is 0 Å². The van der Waals surface area contributed by atoms with E-state index in [-0.39, 0.29) is 5.84 Å². The summed E-state index contributed by atoms with van der Waals surface area (Å²) in [5.74, 6) is 0.808. The predicted molar refractivity (Wildman–Crippen MR) is 87.1 cm³/mol. The molecule has 0 bridgehead atoms. The van der Waals surface area contributed by atoms with Crippen molar-refractivity contribution in [3.8, 4) is 0 Å². The van der Waals surface area contributed by atoms with Crippen LogP contribution in [0.4, 0.5) is 0 Å². The van der Waals surface area contributed by atoms with Crippen molar-refractivity contribution in [1.82, 2.24) is 4.90 Å². The van der Waals surface area contributed by atoms with Crippen molar-refractivity contribution in [2.45, 2.75) is 53.1 Å². The summed E-state index contributed by atoms with van der Waals surface area (Å²) < 4.78 is 0. The molecule has 0 aliphatic carbocycles. The first-order valence-electron chi connectivity index (χ1n) is 7.65. The fourth-order valence-electron chi connectivity index (χ4n) is 2.64. The van der Waals surface area contributed by atoms with Crippen LogP contribution in [-0.2, 0) is 6.54 Å². The maximum absolute atomic E-state index is 7.44. The normalized spacial score (nSPS) is 11.6. The van der Waals surface area contributed by atoms with Crippen molar-refractivity contribution in [3.05, 3.63) is 35.4 Å². The second kappa shape index (κ2) is 8.05. The Kier molecular flexibility index (Phi) is 6.73. The van der Waals surface area contributed by atoms with E-state index in [9.17, 15) is 0 Å². The number of hydrogen-bond acceptors (Lipinski definition) is 2. The molecule has 0 atom stereocenters. The van der Waals surface area contributed by atoms with Gasteiger partial charge in [0.05, 0.1) is 0 Å². The number of nitrogen functional groups attached to an aromatic ring is 1. The fourth-order valence-corrected chi connectivity index (χ4v) is 2.64. The van der Waals surface area contributed by atoms with E-state index in [1.807, 2.05) is 12.1 Å². The average Bonchev–Trinajstić information content (AvgIpc) is 2.40. The molecule has 3 heteroatoms. The van der Waals surface area contributed by atoms with Crippen LogP contribution in [0.25, 0.3) is 0 Å². The zero-order valence-corrected chi connectivity index (χ0v) is 13.3. The first-order valence-corrected chi connectivity index (χ1v) is 7.65. The minimum Gasteiger partial charge on any atom is -0.384 e. The molecular weight excluding hydrogens is 246 g/mol. The van der Waals surface area contributed by atoms with Gasteiger partial charge in [0.15, 0.2) is 0 Å². The largest absolute Gasteiger partial charge is 0.384 e. The molecule has 20 heavy (non-hydrogen) atoms. The van der Waals surface area contributed by atoms with Crippen molar-refractivity contribution in [2.75, 3.05) is 6.54 Å². The summed E-state index contributed by atoms with van der Waals surface area (Å²) in [7, 11) is 0. The lowest BCUT2D eigenvalue weighted by Crippen LogP contribution is -2.36. The molecule has 0 amide bonds. The van der Waals surface area contributed by atoms with Crippen LogP contribution in [0.15, 0.2) is 24.3 Å². The van der Waals surface area contributed by atoms with Gasteiger partial charge in [-0.25, -0.2) is 0 Å². The molecular formula is C17H29N3. The van der Waals surface area contributed by atoms with E-state index in [0.29, 0.717) is 12.0 Å². The van der Waals surface area contributed by atoms with Crippen LogP contribution in [-0.4, -0.2) is 23.3 Å². The maximum Gasteiger partial charge on any atom is 0.122 e. The molecule has 0 saturated heterocycles. The highest BCUT2D eigenvalue weighted by molar-refractivity contribution is 5.94. The fraction of sp³-hybridized carbons (Fsp3) is 0.588. The first-order chi connectivity index (χ1) is 9.47. The highest BCUT2D eigenvalue weighted by Gasteiger charge is 2.16. The molecule has 0 aliphatic rings. The Morgan fingerprint density at radius 2 is 1.70 bits per heavy atom. The second-order valence-electron chi connectivity index (χ2n) is 5.90. The van der Waals surface area contributed by atoms with Crippen molar-refractivity contribution >= 4 is 5.84 Å². The van der Waals surface area contributed by atoms with Gasteiger partial charge in [0.1, 0.15) is 5.84 Å². The minimum atomic E-state index is 0.135. The van der Waals surface area contributed by atoms with Crippen molar-refractivity contribution < 1.29 is 0 Å². The lowest BCUT2D eigenvalue weighted by molar-refractivity contribution is 0.157. The smallest absolute Gasteiger partial charge is 0.122 e. The third-order valence-corrected chi connectivity index (χ3v) is 3.71. The number of amidine groups is 1. The summed E-state index contributed by atoms with van der Waals surface area (Å²) >= 11 is 0. The van der Waals surface area contributed by atoms with E-state index < -0.39 is 0 Å². The molecule has 0 saturated carbocycles. The average molecular weight is 275 g/mol. The number of rotatable bonds is 8. The topological polar surface area (TPSA) is 53.1 Å². The predicted octanol–water partition coefficient (Wildman–Crippen LogP) is 3.62. The second-order valence-corrected chi connectivity index (χ2v) is 5.90. The molecule has 3 N–H and O–H groups in total. The summed E-state index contributed by atoms with van der Waals surface area (Å²) in [6.45, 7) is 11.2. The Hall–Kier alpha value is -1.35. The van der Waals surface area contributed by atoms with Gasteiger partial charge < -0.3 is 5.73 Å². The third-order valence-electron chi connectivity index (χ3n) is 3.71. The summed E-state index contributed by atoms with van der Waals surface area (Å²) in [6, 6.07) is 8.71. The van der Waals surface area contributed by atoms with Crippen molar-refractivity contribution in [3.63, 3.8) is 0 Å². The van der Waals surface area contributed by atoms with E-state index in [0.717, 1.165) is 18.7 Å². The van der Waals surface area contributed by atoms with Gasteiger partial charge in [-0.3, -0.25) is 10.3 Å². The molecule has 1 aromatic rings. The lowest BCUT2D eigenvalue weighted by Gasteiger charge is -2.32. The molecule has 0 heterocycles. The van der Waals surface area contributed by atoms with Crippen molar-refractivity contribution in [2.24, 2.45) is 11.7 Å². The standard InChI is InChI=1S/C17H29N3/c1-5-16(6-2)20(11-13(3)4)12-14-7-9-15(10-8-14)17(18)19/h7-10,13,16H,5-6,11-12H2,1-4H3,(H3,18,19). The van der Waals surface area contributed by atoms with Gasteiger partial charge in [0.2, 0.25) is 0 Å². The Labute approximate surface area is 123 Å². The van der Waals surface area contributed by atoms with E-state index >= 15 is 0 Å². The van der Waals surface area contributed by atoms with Crippen LogP contribution in [0.2, 0.25) is 0 Å².